The zero-order valence-corrected chi connectivity index (χ0v) is 14.5. The lowest BCUT2D eigenvalue weighted by Gasteiger charge is -2.19. The Hall–Kier alpha value is -1.04. The third kappa shape index (κ3) is 5.02. The average Bonchev–Trinajstić information content (AvgIpc) is 2.50. The van der Waals surface area contributed by atoms with Crippen LogP contribution in [0.3, 0.4) is 0 Å². The molecule has 1 atom stereocenters. The molecular weight excluding hydrogens is 346 g/mol. The summed E-state index contributed by atoms with van der Waals surface area (Å²) in [5.74, 6) is 1.54. The second-order valence-corrected chi connectivity index (χ2v) is 6.76. The molecule has 0 radical (unpaired) electrons. The van der Waals surface area contributed by atoms with Crippen LogP contribution in [-0.2, 0) is 0 Å². The summed E-state index contributed by atoms with van der Waals surface area (Å²) in [6, 6.07) is 12.6. The van der Waals surface area contributed by atoms with Crippen LogP contribution >= 0.6 is 27.7 Å². The van der Waals surface area contributed by atoms with Gasteiger partial charge in [0.25, 0.3) is 0 Å². The van der Waals surface area contributed by atoms with Crippen molar-refractivity contribution >= 4 is 33.5 Å². The number of benzene rings is 1. The molecule has 0 saturated carbocycles. The summed E-state index contributed by atoms with van der Waals surface area (Å²) >= 11 is 5.28. The van der Waals surface area contributed by atoms with Crippen molar-refractivity contribution in [2.24, 2.45) is 0 Å². The molecule has 3 N–H and O–H groups in total. The fraction of sp³-hybridized carbons (Fsp3) is 0.312. The van der Waals surface area contributed by atoms with Gasteiger partial charge in [0, 0.05) is 32.9 Å². The average molecular weight is 366 g/mol. The first kappa shape index (κ1) is 16.3. The summed E-state index contributed by atoms with van der Waals surface area (Å²) in [6.45, 7) is 3.14. The maximum Gasteiger partial charge on any atom is 0.128 e. The van der Waals surface area contributed by atoms with Gasteiger partial charge in [-0.3, -0.25) is 0 Å². The van der Waals surface area contributed by atoms with Gasteiger partial charge in [-0.2, -0.15) is 0 Å². The number of hydrogen-bond donors (Lipinski definition) is 2. The van der Waals surface area contributed by atoms with Gasteiger partial charge >= 0.3 is 0 Å². The van der Waals surface area contributed by atoms with Crippen molar-refractivity contribution < 1.29 is 0 Å². The number of nitrogens with two attached hydrogens (primary N) is 1. The maximum atomic E-state index is 6.02. The quantitative estimate of drug-likeness (QED) is 0.719. The fourth-order valence-corrected chi connectivity index (χ4v) is 3.26. The van der Waals surface area contributed by atoms with E-state index in [4.69, 9.17) is 5.73 Å². The van der Waals surface area contributed by atoms with Gasteiger partial charge in [0.2, 0.25) is 0 Å². The molecule has 1 aromatic heterocycles. The first-order valence-corrected chi connectivity index (χ1v) is 8.80. The summed E-state index contributed by atoms with van der Waals surface area (Å²) in [6.07, 6.45) is 2.83. The van der Waals surface area contributed by atoms with Gasteiger partial charge < -0.3 is 11.1 Å². The Bertz CT molecular complexity index is 560. The highest BCUT2D eigenvalue weighted by atomic mass is 79.9. The largest absolute Gasteiger partial charge is 0.383 e. The second kappa shape index (κ2) is 8.41. The molecule has 0 spiro atoms. The minimum absolute atomic E-state index is 0.215. The molecule has 21 heavy (non-hydrogen) atoms. The third-order valence-electron chi connectivity index (χ3n) is 3.12. The molecule has 1 aromatic carbocycles. The molecule has 2 aromatic rings. The van der Waals surface area contributed by atoms with E-state index >= 15 is 0 Å². The minimum Gasteiger partial charge on any atom is -0.383 e. The van der Waals surface area contributed by atoms with Gasteiger partial charge in [-0.25, -0.2) is 4.98 Å². The zero-order valence-electron chi connectivity index (χ0n) is 12.1. The number of nitrogen functional groups attached to an aromatic ring is 1. The van der Waals surface area contributed by atoms with E-state index in [0.717, 1.165) is 28.8 Å². The zero-order chi connectivity index (χ0) is 15.1. The lowest BCUT2D eigenvalue weighted by Crippen LogP contribution is -2.25. The van der Waals surface area contributed by atoms with Gasteiger partial charge in [-0.15, -0.1) is 11.8 Å². The van der Waals surface area contributed by atoms with Gasteiger partial charge in [-0.1, -0.05) is 28.9 Å². The molecule has 0 aliphatic heterocycles. The molecule has 112 valence electrons. The second-order valence-electron chi connectivity index (χ2n) is 4.75. The van der Waals surface area contributed by atoms with Crippen molar-refractivity contribution in [3.8, 4) is 0 Å². The number of halogens is 1. The van der Waals surface area contributed by atoms with E-state index in [0.29, 0.717) is 5.82 Å². The smallest absolute Gasteiger partial charge is 0.128 e. The monoisotopic (exact) mass is 365 g/mol. The van der Waals surface area contributed by atoms with E-state index in [1.807, 2.05) is 17.8 Å². The molecule has 0 aliphatic rings. The molecule has 5 heteroatoms. The van der Waals surface area contributed by atoms with Crippen LogP contribution in [0.5, 0.6) is 0 Å². The van der Waals surface area contributed by atoms with Gasteiger partial charge in [0.15, 0.2) is 0 Å². The van der Waals surface area contributed by atoms with Crippen molar-refractivity contribution in [2.45, 2.75) is 24.3 Å². The highest BCUT2D eigenvalue weighted by Crippen LogP contribution is 2.27. The highest BCUT2D eigenvalue weighted by molar-refractivity contribution is 9.10. The Morgan fingerprint density at radius 3 is 2.71 bits per heavy atom. The molecule has 0 saturated heterocycles. The van der Waals surface area contributed by atoms with Crippen LogP contribution in [-0.4, -0.2) is 17.3 Å². The van der Waals surface area contributed by atoms with Gasteiger partial charge in [-0.05, 0) is 43.3 Å². The van der Waals surface area contributed by atoms with Crippen molar-refractivity contribution in [3.05, 3.63) is 52.6 Å². The Kier molecular flexibility index (Phi) is 6.54. The minimum atomic E-state index is 0.215. The van der Waals surface area contributed by atoms with Crippen LogP contribution < -0.4 is 11.1 Å². The van der Waals surface area contributed by atoms with Gasteiger partial charge in [0.05, 0.1) is 0 Å². The molecule has 1 unspecified atom stereocenters. The number of nitrogens with zero attached hydrogens (tertiary/aromatic N) is 1. The molecule has 0 bridgehead atoms. The SMILES string of the molecule is CCCNC(CSc1ccc(Br)cc1)c1cccnc1N. The number of thioether (sulfide) groups is 1. The van der Waals surface area contributed by atoms with E-state index in [1.165, 1.54) is 4.90 Å². The first-order valence-electron chi connectivity index (χ1n) is 7.03. The predicted octanol–water partition coefficient (Wildman–Crippen LogP) is 4.26. The summed E-state index contributed by atoms with van der Waals surface area (Å²) in [5, 5.41) is 3.56. The number of pyridine rings is 1. The van der Waals surface area contributed by atoms with Crippen LogP contribution in [0.4, 0.5) is 5.82 Å². The van der Waals surface area contributed by atoms with Crippen molar-refractivity contribution in [3.63, 3.8) is 0 Å². The summed E-state index contributed by atoms with van der Waals surface area (Å²) in [4.78, 5) is 5.45. The highest BCUT2D eigenvalue weighted by Gasteiger charge is 2.14. The Morgan fingerprint density at radius 1 is 1.29 bits per heavy atom. The molecule has 3 nitrogen and oxygen atoms in total. The van der Waals surface area contributed by atoms with Crippen LogP contribution in [0.15, 0.2) is 52.0 Å². The molecule has 0 aliphatic carbocycles. The van der Waals surface area contributed by atoms with E-state index in [9.17, 15) is 0 Å². The lowest BCUT2D eigenvalue weighted by molar-refractivity contribution is 0.577. The Morgan fingerprint density at radius 2 is 2.05 bits per heavy atom. The van der Waals surface area contributed by atoms with Crippen molar-refractivity contribution in [1.82, 2.24) is 10.3 Å². The Balaban J connectivity index is 2.06. The maximum absolute atomic E-state index is 6.02. The van der Waals surface area contributed by atoms with Gasteiger partial charge in [0.1, 0.15) is 5.82 Å². The van der Waals surface area contributed by atoms with Crippen LogP contribution in [0.1, 0.15) is 24.9 Å². The van der Waals surface area contributed by atoms with E-state index in [1.54, 1.807) is 6.20 Å². The topological polar surface area (TPSA) is 50.9 Å². The lowest BCUT2D eigenvalue weighted by atomic mass is 10.1. The number of hydrogen-bond acceptors (Lipinski definition) is 4. The van der Waals surface area contributed by atoms with E-state index < -0.39 is 0 Å². The summed E-state index contributed by atoms with van der Waals surface area (Å²) in [5.41, 5.74) is 7.09. The van der Waals surface area contributed by atoms with Crippen molar-refractivity contribution in [2.75, 3.05) is 18.0 Å². The number of anilines is 1. The van der Waals surface area contributed by atoms with Crippen molar-refractivity contribution in [1.29, 1.82) is 0 Å². The predicted molar refractivity (Wildman–Crippen MR) is 94.6 cm³/mol. The molecule has 0 amide bonds. The third-order valence-corrected chi connectivity index (χ3v) is 4.75. The Labute approximate surface area is 138 Å². The first-order chi connectivity index (χ1) is 10.2. The molecule has 2 rings (SSSR count). The summed E-state index contributed by atoms with van der Waals surface area (Å²) < 4.78 is 1.10. The normalized spacial score (nSPS) is 12.3. The van der Waals surface area contributed by atoms with Crippen LogP contribution in [0, 0.1) is 0 Å². The molecule has 1 heterocycles. The van der Waals surface area contributed by atoms with Crippen LogP contribution in [0.2, 0.25) is 0 Å². The number of rotatable bonds is 7. The molecular formula is C16H20BrN3S. The van der Waals surface area contributed by atoms with E-state index in [-0.39, 0.29) is 6.04 Å². The standard InChI is InChI=1S/C16H20BrN3S/c1-2-9-19-15(14-4-3-10-20-16(14)18)11-21-13-7-5-12(17)6-8-13/h3-8,10,15,19H,2,9,11H2,1H3,(H2,18,20). The summed E-state index contributed by atoms with van der Waals surface area (Å²) in [7, 11) is 0. The fourth-order valence-electron chi connectivity index (χ4n) is 2.01. The van der Waals surface area contributed by atoms with E-state index in [2.05, 4.69) is 63.5 Å². The molecule has 0 fully saturated rings. The number of aromatic nitrogens is 1. The van der Waals surface area contributed by atoms with Crippen LogP contribution in [0.25, 0.3) is 0 Å². The number of nitrogens with one attached hydrogen (secondary N) is 1.